The van der Waals surface area contributed by atoms with Gasteiger partial charge in [0.25, 0.3) is 0 Å². The average Bonchev–Trinajstić information content (AvgIpc) is 2.61. The summed E-state index contributed by atoms with van der Waals surface area (Å²) in [4.78, 5) is 11.6. The number of piperidine rings is 1. The van der Waals surface area contributed by atoms with Crippen molar-refractivity contribution in [3.8, 4) is 0 Å². The molecule has 1 aromatic rings. The Bertz CT molecular complexity index is 590. The summed E-state index contributed by atoms with van der Waals surface area (Å²) in [5.74, 6) is 1.15. The van der Waals surface area contributed by atoms with Gasteiger partial charge in [-0.25, -0.2) is 9.97 Å². The lowest BCUT2D eigenvalue weighted by molar-refractivity contribution is -0.0252. The summed E-state index contributed by atoms with van der Waals surface area (Å²) < 4.78 is 5.82. The van der Waals surface area contributed by atoms with Gasteiger partial charge in [-0.3, -0.25) is 4.90 Å². The van der Waals surface area contributed by atoms with Crippen molar-refractivity contribution in [1.29, 1.82) is 0 Å². The standard InChI is InChI=1S/C19H33N5O/c1-4-25-15-5-9-19(3,10-6-15)24-11-7-14(8-12-24)16-13(2)22-17(20)18(21)23-16/h14-15H,4-12H2,1-3H3,(H2,20,22)(H2,21,23)/t15-,19-. The van der Waals surface area contributed by atoms with Crippen molar-refractivity contribution >= 4 is 11.6 Å². The molecule has 2 fully saturated rings. The molecule has 1 saturated carbocycles. The number of aromatic nitrogens is 2. The van der Waals surface area contributed by atoms with E-state index < -0.39 is 0 Å². The lowest BCUT2D eigenvalue weighted by Gasteiger charge is -2.48. The van der Waals surface area contributed by atoms with Crippen molar-refractivity contribution in [2.45, 2.75) is 76.9 Å². The zero-order valence-corrected chi connectivity index (χ0v) is 15.9. The zero-order valence-electron chi connectivity index (χ0n) is 15.9. The van der Waals surface area contributed by atoms with Crippen LogP contribution in [0.1, 0.15) is 69.7 Å². The van der Waals surface area contributed by atoms with Gasteiger partial charge in [0.15, 0.2) is 11.6 Å². The van der Waals surface area contributed by atoms with Crippen LogP contribution in [0.25, 0.3) is 0 Å². The van der Waals surface area contributed by atoms with Gasteiger partial charge in [-0.2, -0.15) is 0 Å². The minimum Gasteiger partial charge on any atom is -0.381 e. The molecule has 0 bridgehead atoms. The molecule has 4 N–H and O–H groups in total. The maximum absolute atomic E-state index is 5.88. The first-order chi connectivity index (χ1) is 11.9. The Hall–Kier alpha value is -1.40. The molecule has 3 rings (SSSR count). The molecule has 140 valence electrons. The normalized spacial score (nSPS) is 29.0. The highest BCUT2D eigenvalue weighted by Gasteiger charge is 2.38. The molecule has 6 heteroatoms. The highest BCUT2D eigenvalue weighted by Crippen LogP contribution is 2.39. The van der Waals surface area contributed by atoms with Crippen molar-refractivity contribution < 1.29 is 4.74 Å². The molecule has 0 radical (unpaired) electrons. The number of nitrogen functional groups attached to an aromatic ring is 2. The molecule has 1 aliphatic heterocycles. The van der Waals surface area contributed by atoms with Crippen molar-refractivity contribution in [3.63, 3.8) is 0 Å². The summed E-state index contributed by atoms with van der Waals surface area (Å²) in [7, 11) is 0. The van der Waals surface area contributed by atoms with Crippen LogP contribution >= 0.6 is 0 Å². The third kappa shape index (κ3) is 3.90. The van der Waals surface area contributed by atoms with Gasteiger partial charge in [-0.05, 0) is 72.4 Å². The van der Waals surface area contributed by atoms with E-state index in [0.29, 0.717) is 29.2 Å². The molecule has 1 aliphatic carbocycles. The van der Waals surface area contributed by atoms with Gasteiger partial charge in [-0.1, -0.05) is 0 Å². The molecule has 0 unspecified atom stereocenters. The van der Waals surface area contributed by atoms with Gasteiger partial charge in [0.2, 0.25) is 0 Å². The van der Waals surface area contributed by atoms with Gasteiger partial charge in [0.1, 0.15) is 0 Å². The van der Waals surface area contributed by atoms with Crippen LogP contribution in [0.15, 0.2) is 0 Å². The molecule has 25 heavy (non-hydrogen) atoms. The number of anilines is 2. The van der Waals surface area contributed by atoms with E-state index in [1.54, 1.807) is 0 Å². The number of nitrogens with zero attached hydrogens (tertiary/aromatic N) is 3. The smallest absolute Gasteiger partial charge is 0.166 e. The molecule has 6 nitrogen and oxygen atoms in total. The minimum absolute atomic E-state index is 0.319. The Morgan fingerprint density at radius 1 is 1.08 bits per heavy atom. The van der Waals surface area contributed by atoms with Crippen LogP contribution in [-0.2, 0) is 4.74 Å². The quantitative estimate of drug-likeness (QED) is 0.870. The lowest BCUT2D eigenvalue weighted by Crippen LogP contribution is -2.52. The van der Waals surface area contributed by atoms with Crippen molar-refractivity contribution in [2.75, 3.05) is 31.2 Å². The number of rotatable bonds is 4. The SMILES string of the molecule is CCO[C@H]1CC[C@](C)(N2CCC(c3nc(N)c(N)nc3C)CC2)CC1. The van der Waals surface area contributed by atoms with Gasteiger partial charge < -0.3 is 16.2 Å². The van der Waals surface area contributed by atoms with E-state index in [9.17, 15) is 0 Å². The predicted octanol–water partition coefficient (Wildman–Crippen LogP) is 2.87. The van der Waals surface area contributed by atoms with Gasteiger partial charge >= 0.3 is 0 Å². The fraction of sp³-hybridized carbons (Fsp3) is 0.789. The van der Waals surface area contributed by atoms with E-state index in [-0.39, 0.29) is 0 Å². The Kier molecular flexibility index (Phi) is 5.49. The number of nitrogens with two attached hydrogens (primary N) is 2. The van der Waals surface area contributed by atoms with Crippen LogP contribution in [0.5, 0.6) is 0 Å². The summed E-state index contributed by atoms with van der Waals surface area (Å²) in [6.07, 6.45) is 7.53. The second-order valence-corrected chi connectivity index (χ2v) is 7.88. The van der Waals surface area contributed by atoms with Crippen LogP contribution in [0.4, 0.5) is 11.6 Å². The number of ether oxygens (including phenoxy) is 1. The summed E-state index contributed by atoms with van der Waals surface area (Å²) in [6.45, 7) is 9.58. The Balaban J connectivity index is 1.60. The Morgan fingerprint density at radius 3 is 2.28 bits per heavy atom. The molecule has 0 amide bonds. The van der Waals surface area contributed by atoms with Crippen molar-refractivity contribution in [2.24, 2.45) is 0 Å². The number of likely N-dealkylation sites (tertiary alicyclic amines) is 1. The third-order valence-electron chi connectivity index (χ3n) is 6.22. The molecule has 1 saturated heterocycles. The molecule has 0 spiro atoms. The van der Waals surface area contributed by atoms with E-state index in [4.69, 9.17) is 16.2 Å². The van der Waals surface area contributed by atoms with Crippen molar-refractivity contribution in [3.05, 3.63) is 11.4 Å². The topological polar surface area (TPSA) is 90.3 Å². The number of hydrogen-bond acceptors (Lipinski definition) is 6. The van der Waals surface area contributed by atoms with Crippen LogP contribution in [0, 0.1) is 6.92 Å². The van der Waals surface area contributed by atoms with E-state index in [0.717, 1.165) is 43.9 Å². The van der Waals surface area contributed by atoms with Gasteiger partial charge in [-0.15, -0.1) is 0 Å². The van der Waals surface area contributed by atoms with Gasteiger partial charge in [0.05, 0.1) is 17.5 Å². The number of aryl methyl sites for hydroxylation is 1. The maximum atomic E-state index is 5.88. The van der Waals surface area contributed by atoms with E-state index in [1.165, 1.54) is 25.7 Å². The monoisotopic (exact) mass is 347 g/mol. The fourth-order valence-corrected chi connectivity index (χ4v) is 4.57. The van der Waals surface area contributed by atoms with Crippen LogP contribution in [0.2, 0.25) is 0 Å². The average molecular weight is 348 g/mol. The fourth-order valence-electron chi connectivity index (χ4n) is 4.57. The molecule has 2 heterocycles. The van der Waals surface area contributed by atoms with Crippen LogP contribution in [-0.4, -0.2) is 46.2 Å². The molecule has 2 aliphatic rings. The molecule has 0 aromatic carbocycles. The summed E-state index contributed by atoms with van der Waals surface area (Å²) in [5, 5.41) is 0. The highest BCUT2D eigenvalue weighted by atomic mass is 16.5. The second kappa shape index (κ2) is 7.46. The second-order valence-electron chi connectivity index (χ2n) is 7.88. The summed E-state index contributed by atoms with van der Waals surface area (Å²) in [6, 6.07) is 0. The van der Waals surface area contributed by atoms with E-state index in [2.05, 4.69) is 28.7 Å². The largest absolute Gasteiger partial charge is 0.381 e. The Morgan fingerprint density at radius 2 is 1.68 bits per heavy atom. The third-order valence-corrected chi connectivity index (χ3v) is 6.22. The molecular weight excluding hydrogens is 314 g/mol. The zero-order chi connectivity index (χ0) is 18.0. The lowest BCUT2D eigenvalue weighted by atomic mass is 9.78. The van der Waals surface area contributed by atoms with Gasteiger partial charge in [0, 0.05) is 18.1 Å². The van der Waals surface area contributed by atoms with Crippen LogP contribution in [0.3, 0.4) is 0 Å². The van der Waals surface area contributed by atoms with E-state index in [1.807, 2.05) is 6.92 Å². The van der Waals surface area contributed by atoms with Crippen molar-refractivity contribution in [1.82, 2.24) is 14.9 Å². The minimum atomic E-state index is 0.319. The highest BCUT2D eigenvalue weighted by molar-refractivity contribution is 5.53. The van der Waals surface area contributed by atoms with Crippen LogP contribution < -0.4 is 11.5 Å². The summed E-state index contributed by atoms with van der Waals surface area (Å²) >= 11 is 0. The first-order valence-electron chi connectivity index (χ1n) is 9.69. The predicted molar refractivity (Wildman–Crippen MR) is 101 cm³/mol. The summed E-state index contributed by atoms with van der Waals surface area (Å²) in [5.41, 5.74) is 13.9. The maximum Gasteiger partial charge on any atom is 0.166 e. The first-order valence-corrected chi connectivity index (χ1v) is 9.69. The molecule has 1 aromatic heterocycles. The first kappa shape index (κ1) is 18.4. The Labute approximate surface area is 151 Å². The molecule has 0 atom stereocenters. The van der Waals surface area contributed by atoms with E-state index >= 15 is 0 Å². The molecular formula is C19H33N5O. The number of hydrogen-bond donors (Lipinski definition) is 2.